The molecule has 26 heavy (non-hydrogen) atoms. The lowest BCUT2D eigenvalue weighted by atomic mass is 10.1. The minimum Gasteiger partial charge on any atom is -0.493 e. The first kappa shape index (κ1) is 19.0. The molecule has 0 atom stereocenters. The number of carbonyl (C=O) groups excluding carboxylic acids is 1. The van der Waals surface area contributed by atoms with E-state index in [1.165, 1.54) is 26.4 Å². The highest BCUT2D eigenvalue weighted by molar-refractivity contribution is 5.99. The van der Waals surface area contributed by atoms with E-state index in [-0.39, 0.29) is 29.3 Å². The molecule has 0 bridgehead atoms. The molecule has 1 N–H and O–H groups in total. The quantitative estimate of drug-likeness (QED) is 0.567. The number of hydrogen-bond acceptors (Lipinski definition) is 7. The van der Waals surface area contributed by atoms with Crippen molar-refractivity contribution in [2.24, 2.45) is 0 Å². The largest absolute Gasteiger partial charge is 0.493 e. The molecule has 0 saturated carbocycles. The molecule has 0 aliphatic carbocycles. The smallest absolute Gasteiger partial charge is 0.286 e. The Labute approximate surface area is 150 Å². The summed E-state index contributed by atoms with van der Waals surface area (Å²) in [5.41, 5.74) is 0.247. The van der Waals surface area contributed by atoms with Crippen molar-refractivity contribution >= 4 is 11.6 Å². The fraction of sp³-hybridized carbons (Fsp3) is 0.294. The van der Waals surface area contributed by atoms with E-state index in [4.69, 9.17) is 14.2 Å². The maximum absolute atomic E-state index is 12.5. The Bertz CT molecular complexity index is 792. The van der Waals surface area contributed by atoms with Crippen LogP contribution in [0.3, 0.4) is 0 Å². The van der Waals surface area contributed by atoms with E-state index in [2.05, 4.69) is 10.3 Å². The highest BCUT2D eigenvalue weighted by Gasteiger charge is 2.24. The molecule has 1 aromatic carbocycles. The van der Waals surface area contributed by atoms with E-state index in [1.807, 2.05) is 0 Å². The molecule has 0 aliphatic rings. The SMILES string of the molecule is CCOc1cc(C(=O)NCc2ccc(OC)nc2)c([N+](=O)[O-])cc1OC. The van der Waals surface area contributed by atoms with Crippen LogP contribution in [-0.2, 0) is 6.54 Å². The van der Waals surface area contributed by atoms with Crippen LogP contribution in [0.4, 0.5) is 5.69 Å². The van der Waals surface area contributed by atoms with Crippen molar-refractivity contribution in [1.82, 2.24) is 10.3 Å². The van der Waals surface area contributed by atoms with Crippen LogP contribution in [0.1, 0.15) is 22.8 Å². The number of pyridine rings is 1. The van der Waals surface area contributed by atoms with Crippen molar-refractivity contribution < 1.29 is 23.9 Å². The van der Waals surface area contributed by atoms with Crippen molar-refractivity contribution in [3.05, 3.63) is 51.7 Å². The average Bonchev–Trinajstić information content (AvgIpc) is 2.66. The summed E-state index contributed by atoms with van der Waals surface area (Å²) in [4.78, 5) is 27.2. The minimum atomic E-state index is -0.637. The molecule has 1 aromatic heterocycles. The summed E-state index contributed by atoms with van der Waals surface area (Å²) in [7, 11) is 2.88. The number of aromatic nitrogens is 1. The van der Waals surface area contributed by atoms with E-state index in [1.54, 1.807) is 25.3 Å². The lowest BCUT2D eigenvalue weighted by Gasteiger charge is -2.12. The van der Waals surface area contributed by atoms with Crippen molar-refractivity contribution in [2.75, 3.05) is 20.8 Å². The summed E-state index contributed by atoms with van der Waals surface area (Å²) in [5, 5.41) is 13.9. The predicted octanol–water partition coefficient (Wildman–Crippen LogP) is 2.34. The molecule has 9 nitrogen and oxygen atoms in total. The fourth-order valence-corrected chi connectivity index (χ4v) is 2.22. The van der Waals surface area contributed by atoms with Gasteiger partial charge in [-0.05, 0) is 12.5 Å². The summed E-state index contributed by atoms with van der Waals surface area (Å²) >= 11 is 0. The lowest BCUT2D eigenvalue weighted by molar-refractivity contribution is -0.385. The van der Waals surface area contributed by atoms with Gasteiger partial charge in [0.15, 0.2) is 11.5 Å². The van der Waals surface area contributed by atoms with Gasteiger partial charge in [0.05, 0.1) is 31.8 Å². The molecular weight excluding hydrogens is 342 g/mol. The molecule has 1 heterocycles. The van der Waals surface area contributed by atoms with Crippen LogP contribution >= 0.6 is 0 Å². The van der Waals surface area contributed by atoms with Crippen molar-refractivity contribution in [3.8, 4) is 17.4 Å². The van der Waals surface area contributed by atoms with E-state index < -0.39 is 10.8 Å². The standard InChI is InChI=1S/C17H19N3O6/c1-4-26-15-7-12(13(20(22)23)8-14(15)24-2)17(21)19-10-11-5-6-16(25-3)18-9-11/h5-9H,4,10H2,1-3H3,(H,19,21). The summed E-state index contributed by atoms with van der Waals surface area (Å²) in [5.74, 6) is 0.301. The second kappa shape index (κ2) is 8.65. The average molecular weight is 361 g/mol. The molecule has 2 rings (SSSR count). The van der Waals surface area contributed by atoms with E-state index in [9.17, 15) is 14.9 Å². The van der Waals surface area contributed by atoms with Gasteiger partial charge in [0.1, 0.15) is 5.56 Å². The molecular formula is C17H19N3O6. The molecule has 0 unspecified atom stereocenters. The molecule has 0 saturated heterocycles. The van der Waals surface area contributed by atoms with Gasteiger partial charge < -0.3 is 19.5 Å². The van der Waals surface area contributed by atoms with Crippen LogP contribution in [0.2, 0.25) is 0 Å². The topological polar surface area (TPSA) is 113 Å². The second-order valence-electron chi connectivity index (χ2n) is 5.10. The Hall–Kier alpha value is -3.36. The lowest BCUT2D eigenvalue weighted by Crippen LogP contribution is -2.24. The third kappa shape index (κ3) is 4.38. The van der Waals surface area contributed by atoms with Crippen LogP contribution in [-0.4, -0.2) is 36.6 Å². The van der Waals surface area contributed by atoms with Crippen LogP contribution in [0.25, 0.3) is 0 Å². The zero-order chi connectivity index (χ0) is 19.1. The highest BCUT2D eigenvalue weighted by Crippen LogP contribution is 2.34. The summed E-state index contributed by atoms with van der Waals surface area (Å²) in [6, 6.07) is 5.88. The molecule has 2 aromatic rings. The Balaban J connectivity index is 2.24. The normalized spacial score (nSPS) is 10.1. The Morgan fingerprint density at radius 3 is 2.54 bits per heavy atom. The maximum Gasteiger partial charge on any atom is 0.286 e. The molecule has 0 spiro atoms. The number of nitro benzene ring substituents is 1. The second-order valence-corrected chi connectivity index (χ2v) is 5.10. The third-order valence-electron chi connectivity index (χ3n) is 3.48. The zero-order valence-corrected chi connectivity index (χ0v) is 14.6. The first-order valence-electron chi connectivity index (χ1n) is 7.76. The molecule has 0 aliphatic heterocycles. The molecule has 138 valence electrons. The monoisotopic (exact) mass is 361 g/mol. The van der Waals surface area contributed by atoms with Gasteiger partial charge in [-0.25, -0.2) is 4.98 Å². The van der Waals surface area contributed by atoms with Gasteiger partial charge in [-0.15, -0.1) is 0 Å². The van der Waals surface area contributed by atoms with Gasteiger partial charge in [0, 0.05) is 24.9 Å². The number of nitrogens with one attached hydrogen (secondary N) is 1. The zero-order valence-electron chi connectivity index (χ0n) is 14.6. The number of nitro groups is 1. The van der Waals surface area contributed by atoms with E-state index in [0.717, 1.165) is 5.56 Å². The number of carbonyl (C=O) groups is 1. The highest BCUT2D eigenvalue weighted by atomic mass is 16.6. The van der Waals surface area contributed by atoms with E-state index in [0.29, 0.717) is 12.5 Å². The van der Waals surface area contributed by atoms with Crippen LogP contribution < -0.4 is 19.5 Å². The molecule has 1 amide bonds. The van der Waals surface area contributed by atoms with Gasteiger partial charge in [-0.2, -0.15) is 0 Å². The van der Waals surface area contributed by atoms with Gasteiger partial charge in [-0.3, -0.25) is 14.9 Å². The summed E-state index contributed by atoms with van der Waals surface area (Å²) in [6.07, 6.45) is 1.55. The van der Waals surface area contributed by atoms with Crippen LogP contribution in [0.15, 0.2) is 30.5 Å². The Kier molecular flexibility index (Phi) is 6.31. The van der Waals surface area contributed by atoms with Crippen molar-refractivity contribution in [2.45, 2.75) is 13.5 Å². The number of hydrogen-bond donors (Lipinski definition) is 1. The van der Waals surface area contributed by atoms with Gasteiger partial charge in [0.2, 0.25) is 5.88 Å². The Morgan fingerprint density at radius 1 is 1.23 bits per heavy atom. The van der Waals surface area contributed by atoms with E-state index >= 15 is 0 Å². The number of benzene rings is 1. The first-order chi connectivity index (χ1) is 12.5. The van der Waals surface area contributed by atoms with Crippen LogP contribution in [0.5, 0.6) is 17.4 Å². The number of ether oxygens (including phenoxy) is 3. The molecule has 9 heteroatoms. The maximum atomic E-state index is 12.5. The number of nitrogens with zero attached hydrogens (tertiary/aromatic N) is 2. The fourth-order valence-electron chi connectivity index (χ4n) is 2.22. The molecule has 0 radical (unpaired) electrons. The number of rotatable bonds is 8. The van der Waals surface area contributed by atoms with Gasteiger partial charge >= 0.3 is 0 Å². The Morgan fingerprint density at radius 2 is 2.00 bits per heavy atom. The third-order valence-corrected chi connectivity index (χ3v) is 3.48. The predicted molar refractivity (Wildman–Crippen MR) is 92.8 cm³/mol. The van der Waals surface area contributed by atoms with Gasteiger partial charge in [-0.1, -0.05) is 6.07 Å². The van der Waals surface area contributed by atoms with Crippen LogP contribution in [0, 0.1) is 10.1 Å². The summed E-state index contributed by atoms with van der Waals surface area (Å²) in [6.45, 7) is 2.24. The number of methoxy groups -OCH3 is 2. The van der Waals surface area contributed by atoms with Gasteiger partial charge in [0.25, 0.3) is 11.6 Å². The summed E-state index contributed by atoms with van der Waals surface area (Å²) < 4.78 is 15.4. The first-order valence-corrected chi connectivity index (χ1v) is 7.76. The number of amides is 1. The van der Waals surface area contributed by atoms with Crippen molar-refractivity contribution in [3.63, 3.8) is 0 Å². The molecule has 0 fully saturated rings. The van der Waals surface area contributed by atoms with Crippen molar-refractivity contribution in [1.29, 1.82) is 0 Å². The minimum absolute atomic E-state index is 0.110.